The minimum atomic E-state index is -4.49. The monoisotopic (exact) mass is 812 g/mol. The van der Waals surface area contributed by atoms with Crippen molar-refractivity contribution in [2.75, 3.05) is 0 Å². The van der Waals surface area contributed by atoms with Gasteiger partial charge in [0.1, 0.15) is 34.1 Å². The molecule has 0 saturated heterocycles. The predicted octanol–water partition coefficient (Wildman–Crippen LogP) is 14.4. The maximum atomic E-state index is 16.2. The van der Waals surface area contributed by atoms with Gasteiger partial charge in [0.05, 0.1) is 0 Å². The molecule has 308 valence electrons. The number of hydrogen-bond donors (Lipinski definition) is 3. The Balaban J connectivity index is 1.43. The first-order chi connectivity index (χ1) is 28.4. The van der Waals surface area contributed by atoms with Crippen molar-refractivity contribution < 1.29 is 33.5 Å². The molecule has 0 fully saturated rings. The average Bonchev–Trinajstić information content (AvgIpc) is 3.28. The predicted molar refractivity (Wildman–Crippen MR) is 238 cm³/mol. The minimum Gasteiger partial charge on any atom is -0.508 e. The number of benzene rings is 6. The van der Waals surface area contributed by atoms with Crippen LogP contribution in [-0.2, 0) is 34.9 Å². The van der Waals surface area contributed by atoms with Crippen LogP contribution < -0.4 is 0 Å². The minimum absolute atomic E-state index is 0.206. The van der Waals surface area contributed by atoms with Gasteiger partial charge in [-0.15, -0.1) is 0 Å². The number of rotatable bonds is 18. The second-order valence-electron chi connectivity index (χ2n) is 15.2. The van der Waals surface area contributed by atoms with Crippen molar-refractivity contribution in [1.82, 2.24) is 0 Å². The summed E-state index contributed by atoms with van der Waals surface area (Å²) in [6, 6.07) is 45.5. The lowest BCUT2D eigenvalue weighted by molar-refractivity contribution is -0.0815. The number of phosphoric ester groups is 1. The van der Waals surface area contributed by atoms with Gasteiger partial charge < -0.3 is 15.3 Å². The molecule has 0 heterocycles. The summed E-state index contributed by atoms with van der Waals surface area (Å²) < 4.78 is 37.4. The molecule has 6 aromatic carbocycles. The molecule has 0 saturated carbocycles. The standard InChI is InChI=1S/C51H57O7P/c1-7-49(8-2,43-25-13-37(14-26-43)40-19-31-46(52)32-20-40)56-59(55,57-50(9-3,10-4)44-27-15-38(16-28-44)41-21-33-47(53)34-22-41)58-51(11-5,12-6)45-29-17-39(18-30-45)42-23-35-48(54)36-24-42/h13-36,52-54H,7-12H2,1-6H3. The molecule has 6 rings (SSSR count). The van der Waals surface area contributed by atoms with Gasteiger partial charge in [0.2, 0.25) is 0 Å². The highest BCUT2D eigenvalue weighted by molar-refractivity contribution is 7.48. The molecule has 3 N–H and O–H groups in total. The molecule has 7 nitrogen and oxygen atoms in total. The Morgan fingerprint density at radius 1 is 0.339 bits per heavy atom. The van der Waals surface area contributed by atoms with Crippen molar-refractivity contribution in [2.45, 2.75) is 96.9 Å². The van der Waals surface area contributed by atoms with Crippen LogP contribution in [0.4, 0.5) is 0 Å². The number of phenolic OH excluding ortho intramolecular Hbond substituents is 3. The van der Waals surface area contributed by atoms with Crippen LogP contribution in [-0.4, -0.2) is 15.3 Å². The largest absolute Gasteiger partial charge is 0.508 e. The normalized spacial score (nSPS) is 12.4. The van der Waals surface area contributed by atoms with E-state index in [1.807, 2.05) is 151 Å². The van der Waals surface area contributed by atoms with Gasteiger partial charge in [0.15, 0.2) is 0 Å². The van der Waals surface area contributed by atoms with E-state index in [9.17, 15) is 15.3 Å². The molecule has 0 radical (unpaired) electrons. The summed E-state index contributed by atoms with van der Waals surface area (Å²) in [7, 11) is -4.49. The van der Waals surface area contributed by atoms with Crippen LogP contribution in [0.3, 0.4) is 0 Å². The fourth-order valence-corrected chi connectivity index (χ4v) is 10.6. The van der Waals surface area contributed by atoms with Crippen LogP contribution in [0.15, 0.2) is 146 Å². The Labute approximate surface area is 349 Å². The molecule has 59 heavy (non-hydrogen) atoms. The molecule has 0 aliphatic heterocycles. The lowest BCUT2D eigenvalue weighted by Crippen LogP contribution is -2.36. The van der Waals surface area contributed by atoms with Crippen LogP contribution in [0.25, 0.3) is 33.4 Å². The number of phenols is 3. The number of hydrogen-bond acceptors (Lipinski definition) is 7. The lowest BCUT2D eigenvalue weighted by atomic mass is 9.87. The fraction of sp³-hybridized carbons (Fsp3) is 0.294. The van der Waals surface area contributed by atoms with Crippen molar-refractivity contribution in [2.24, 2.45) is 0 Å². The third-order valence-corrected chi connectivity index (χ3v) is 13.8. The molecule has 0 amide bonds. The van der Waals surface area contributed by atoms with E-state index < -0.39 is 24.6 Å². The summed E-state index contributed by atoms with van der Waals surface area (Å²) in [5.74, 6) is 0.618. The van der Waals surface area contributed by atoms with Gasteiger partial charge in [0, 0.05) is 0 Å². The highest BCUT2D eigenvalue weighted by Gasteiger charge is 2.50. The lowest BCUT2D eigenvalue weighted by Gasteiger charge is -2.43. The molecule has 0 aliphatic carbocycles. The van der Waals surface area contributed by atoms with Crippen molar-refractivity contribution >= 4 is 7.82 Å². The third-order valence-electron chi connectivity index (χ3n) is 12.1. The molecule has 0 bridgehead atoms. The molecule has 0 spiro atoms. The maximum Gasteiger partial charge on any atom is 0.477 e. The van der Waals surface area contributed by atoms with E-state index in [0.29, 0.717) is 38.5 Å². The van der Waals surface area contributed by atoms with Crippen LogP contribution in [0.5, 0.6) is 17.2 Å². The Bertz CT molecular complexity index is 2030. The van der Waals surface area contributed by atoms with Gasteiger partial charge in [-0.3, -0.25) is 13.6 Å². The average molecular weight is 813 g/mol. The maximum absolute atomic E-state index is 16.2. The summed E-state index contributed by atoms with van der Waals surface area (Å²) in [5.41, 5.74) is 5.28. The van der Waals surface area contributed by atoms with Gasteiger partial charge in [-0.2, -0.15) is 0 Å². The van der Waals surface area contributed by atoms with E-state index >= 15 is 4.57 Å². The van der Waals surface area contributed by atoms with Gasteiger partial charge in [0.25, 0.3) is 0 Å². The molecule has 0 aromatic heterocycles. The van der Waals surface area contributed by atoms with Crippen molar-refractivity contribution in [3.05, 3.63) is 162 Å². The Morgan fingerprint density at radius 2 is 0.508 bits per heavy atom. The van der Waals surface area contributed by atoms with Crippen molar-refractivity contribution in [3.8, 4) is 50.6 Å². The first-order valence-corrected chi connectivity index (χ1v) is 22.3. The Kier molecular flexibility index (Phi) is 13.5. The first-order valence-electron chi connectivity index (χ1n) is 20.8. The van der Waals surface area contributed by atoms with E-state index in [2.05, 4.69) is 0 Å². The van der Waals surface area contributed by atoms with E-state index in [4.69, 9.17) is 13.6 Å². The van der Waals surface area contributed by atoms with Gasteiger partial charge in [-0.05, 0) is 125 Å². The van der Waals surface area contributed by atoms with E-state index in [-0.39, 0.29) is 17.2 Å². The summed E-state index contributed by atoms with van der Waals surface area (Å²) in [5, 5.41) is 29.6. The quantitative estimate of drug-likeness (QED) is 0.0742. The van der Waals surface area contributed by atoms with E-state index in [1.165, 1.54) is 0 Å². The topological polar surface area (TPSA) is 105 Å². The third kappa shape index (κ3) is 9.35. The molecule has 0 atom stereocenters. The van der Waals surface area contributed by atoms with Gasteiger partial charge >= 0.3 is 7.82 Å². The second kappa shape index (κ2) is 18.4. The van der Waals surface area contributed by atoms with Crippen LogP contribution in [0.2, 0.25) is 0 Å². The van der Waals surface area contributed by atoms with Crippen molar-refractivity contribution in [3.63, 3.8) is 0 Å². The molecule has 6 aromatic rings. The molecule has 0 unspecified atom stereocenters. The summed E-state index contributed by atoms with van der Waals surface area (Å²) in [4.78, 5) is 0. The molecular weight excluding hydrogens is 756 g/mol. The zero-order valence-electron chi connectivity index (χ0n) is 35.0. The summed E-state index contributed by atoms with van der Waals surface area (Å²) in [6.45, 7) is 12.2. The molecule has 0 aliphatic rings. The summed E-state index contributed by atoms with van der Waals surface area (Å²) in [6.07, 6.45) is 2.99. The van der Waals surface area contributed by atoms with E-state index in [1.54, 1.807) is 36.4 Å². The second-order valence-corrected chi connectivity index (χ2v) is 16.6. The highest BCUT2D eigenvalue weighted by Crippen LogP contribution is 2.65. The number of aromatic hydroxyl groups is 3. The Morgan fingerprint density at radius 3 is 0.678 bits per heavy atom. The molecular formula is C51H57O7P. The SMILES string of the molecule is CCC(CC)(OP(=O)(OC(CC)(CC)c1ccc(-c2ccc(O)cc2)cc1)OC(CC)(CC)c1ccc(-c2ccc(O)cc2)cc1)c1ccc(-c2ccc(O)cc2)cc1. The van der Waals surface area contributed by atoms with Gasteiger partial charge in [-0.25, -0.2) is 4.57 Å². The smallest absolute Gasteiger partial charge is 0.477 e. The van der Waals surface area contributed by atoms with Crippen LogP contribution >= 0.6 is 7.82 Å². The van der Waals surface area contributed by atoms with Crippen molar-refractivity contribution in [1.29, 1.82) is 0 Å². The van der Waals surface area contributed by atoms with Crippen LogP contribution in [0, 0.1) is 0 Å². The fourth-order valence-electron chi connectivity index (χ4n) is 8.08. The summed E-state index contributed by atoms with van der Waals surface area (Å²) >= 11 is 0. The highest BCUT2D eigenvalue weighted by atomic mass is 31.2. The van der Waals surface area contributed by atoms with Crippen LogP contribution in [0.1, 0.15) is 96.8 Å². The van der Waals surface area contributed by atoms with Gasteiger partial charge in [-0.1, -0.05) is 151 Å². The van der Waals surface area contributed by atoms with E-state index in [0.717, 1.165) is 50.1 Å². The first kappa shape index (κ1) is 43.4. The zero-order valence-corrected chi connectivity index (χ0v) is 35.9. The Hall–Kier alpha value is -5.17. The zero-order chi connectivity index (χ0) is 42.3. The molecule has 8 heteroatoms. The number of phosphoric acid groups is 1.